The summed E-state index contributed by atoms with van der Waals surface area (Å²) in [5.74, 6) is -0.382. The third-order valence-corrected chi connectivity index (χ3v) is 3.53. The molecule has 2 atom stereocenters. The summed E-state index contributed by atoms with van der Waals surface area (Å²) in [5, 5.41) is 11.5. The zero-order chi connectivity index (χ0) is 15.2. The number of piperidine rings is 1. The number of aliphatic hydroxyl groups excluding tert-OH is 1. The van der Waals surface area contributed by atoms with Gasteiger partial charge >= 0.3 is 6.18 Å². The highest BCUT2D eigenvalue weighted by atomic mass is 19.4. The van der Waals surface area contributed by atoms with E-state index in [2.05, 4.69) is 5.32 Å². The number of aliphatic hydroxyl groups is 1. The lowest BCUT2D eigenvalue weighted by Gasteiger charge is -2.32. The first-order valence-electron chi connectivity index (χ1n) is 6.99. The summed E-state index contributed by atoms with van der Waals surface area (Å²) in [6.07, 6.45) is -2.37. The summed E-state index contributed by atoms with van der Waals surface area (Å²) in [7, 11) is 0. The zero-order valence-electron chi connectivity index (χ0n) is 11.7. The molecule has 1 rings (SSSR count). The van der Waals surface area contributed by atoms with Crippen LogP contribution in [0.4, 0.5) is 13.2 Å². The predicted molar refractivity (Wildman–Crippen MR) is 69.1 cm³/mol. The number of hydrogen-bond donors (Lipinski definition) is 2. The molecule has 0 aromatic carbocycles. The highest BCUT2D eigenvalue weighted by Gasteiger charge is 2.34. The fraction of sp³-hybridized carbons (Fsp3) is 0.923. The van der Waals surface area contributed by atoms with Crippen molar-refractivity contribution in [1.29, 1.82) is 0 Å². The molecule has 7 heteroatoms. The van der Waals surface area contributed by atoms with Gasteiger partial charge in [-0.1, -0.05) is 6.92 Å². The first-order valence-corrected chi connectivity index (χ1v) is 6.99. The fourth-order valence-electron chi connectivity index (χ4n) is 2.41. The van der Waals surface area contributed by atoms with Crippen molar-refractivity contribution in [2.45, 2.75) is 32.4 Å². The topological polar surface area (TPSA) is 52.6 Å². The number of rotatable bonds is 6. The molecule has 0 aromatic rings. The van der Waals surface area contributed by atoms with Crippen LogP contribution in [0.1, 0.15) is 26.2 Å². The number of halogens is 3. The van der Waals surface area contributed by atoms with Gasteiger partial charge in [0.2, 0.25) is 5.91 Å². The average molecular weight is 296 g/mol. The third kappa shape index (κ3) is 6.56. The van der Waals surface area contributed by atoms with Gasteiger partial charge < -0.3 is 10.4 Å². The van der Waals surface area contributed by atoms with Crippen LogP contribution in [0.15, 0.2) is 0 Å². The van der Waals surface area contributed by atoms with Gasteiger partial charge in [0, 0.05) is 19.7 Å². The molecule has 0 radical (unpaired) electrons. The van der Waals surface area contributed by atoms with E-state index in [1.165, 1.54) is 4.90 Å². The second-order valence-electron chi connectivity index (χ2n) is 5.55. The Kier molecular flexibility index (Phi) is 6.75. The van der Waals surface area contributed by atoms with E-state index in [0.717, 1.165) is 0 Å². The normalized spacial score (nSPS) is 22.6. The van der Waals surface area contributed by atoms with E-state index < -0.39 is 12.7 Å². The molecule has 20 heavy (non-hydrogen) atoms. The monoisotopic (exact) mass is 296 g/mol. The van der Waals surface area contributed by atoms with Crippen LogP contribution in [0.3, 0.4) is 0 Å². The van der Waals surface area contributed by atoms with Gasteiger partial charge in [0.05, 0.1) is 12.5 Å². The summed E-state index contributed by atoms with van der Waals surface area (Å²) in [6.45, 7) is 2.05. The van der Waals surface area contributed by atoms with E-state index >= 15 is 0 Å². The quantitative estimate of drug-likeness (QED) is 0.779. The predicted octanol–water partition coefficient (Wildman–Crippen LogP) is 1.40. The van der Waals surface area contributed by atoms with Crippen LogP contribution in [0.5, 0.6) is 0 Å². The van der Waals surface area contributed by atoms with E-state index in [4.69, 9.17) is 5.11 Å². The van der Waals surface area contributed by atoms with Crippen LogP contribution < -0.4 is 5.32 Å². The highest BCUT2D eigenvalue weighted by molar-refractivity contribution is 5.78. The molecule has 4 nitrogen and oxygen atoms in total. The molecule has 1 amide bonds. The second kappa shape index (κ2) is 7.83. The summed E-state index contributed by atoms with van der Waals surface area (Å²) >= 11 is 0. The van der Waals surface area contributed by atoms with Crippen molar-refractivity contribution >= 4 is 5.91 Å². The Labute approximate surface area is 117 Å². The zero-order valence-corrected chi connectivity index (χ0v) is 11.7. The van der Waals surface area contributed by atoms with Crippen molar-refractivity contribution in [1.82, 2.24) is 10.2 Å². The molecule has 0 bridgehead atoms. The SMILES string of the molecule is CC(CCO)CNC(=O)C1CCCN(CC(F)(F)F)C1. The van der Waals surface area contributed by atoms with E-state index in [1.807, 2.05) is 6.92 Å². The molecule has 1 heterocycles. The van der Waals surface area contributed by atoms with E-state index in [0.29, 0.717) is 32.4 Å². The van der Waals surface area contributed by atoms with Crippen LogP contribution in [-0.4, -0.2) is 54.9 Å². The molecular formula is C13H23F3N2O2. The van der Waals surface area contributed by atoms with Crippen molar-refractivity contribution in [3.05, 3.63) is 0 Å². The van der Waals surface area contributed by atoms with Crippen LogP contribution in [0.2, 0.25) is 0 Å². The number of nitrogens with zero attached hydrogens (tertiary/aromatic N) is 1. The van der Waals surface area contributed by atoms with E-state index in [9.17, 15) is 18.0 Å². The first-order chi connectivity index (χ1) is 9.31. The van der Waals surface area contributed by atoms with Gasteiger partial charge in [-0.05, 0) is 31.7 Å². The minimum atomic E-state index is -4.21. The summed E-state index contributed by atoms with van der Waals surface area (Å²) in [6, 6.07) is 0. The summed E-state index contributed by atoms with van der Waals surface area (Å²) < 4.78 is 37.0. The lowest BCUT2D eigenvalue weighted by Crippen LogP contribution is -2.46. The van der Waals surface area contributed by atoms with Gasteiger partial charge in [0.25, 0.3) is 0 Å². The number of alkyl halides is 3. The third-order valence-electron chi connectivity index (χ3n) is 3.53. The molecule has 118 valence electrons. The molecule has 1 aliphatic heterocycles. The van der Waals surface area contributed by atoms with Crippen molar-refractivity contribution < 1.29 is 23.1 Å². The van der Waals surface area contributed by atoms with Gasteiger partial charge in [-0.25, -0.2) is 0 Å². The van der Waals surface area contributed by atoms with Gasteiger partial charge in [0.15, 0.2) is 0 Å². The highest BCUT2D eigenvalue weighted by Crippen LogP contribution is 2.22. The number of likely N-dealkylation sites (tertiary alicyclic amines) is 1. The molecule has 0 aromatic heterocycles. The first kappa shape index (κ1) is 17.2. The minimum Gasteiger partial charge on any atom is -0.396 e. The van der Waals surface area contributed by atoms with Gasteiger partial charge in [-0.15, -0.1) is 0 Å². The maximum atomic E-state index is 12.3. The Balaban J connectivity index is 2.36. The average Bonchev–Trinajstić information content (AvgIpc) is 2.34. The lowest BCUT2D eigenvalue weighted by atomic mass is 9.96. The van der Waals surface area contributed by atoms with Crippen LogP contribution >= 0.6 is 0 Å². The Morgan fingerprint density at radius 1 is 1.50 bits per heavy atom. The molecule has 0 aliphatic carbocycles. The van der Waals surface area contributed by atoms with E-state index in [1.54, 1.807) is 0 Å². The largest absolute Gasteiger partial charge is 0.401 e. The molecule has 1 saturated heterocycles. The van der Waals surface area contributed by atoms with Gasteiger partial charge in [-0.3, -0.25) is 9.69 Å². The fourth-order valence-corrected chi connectivity index (χ4v) is 2.41. The molecular weight excluding hydrogens is 273 g/mol. The summed E-state index contributed by atoms with van der Waals surface area (Å²) in [4.78, 5) is 13.2. The van der Waals surface area contributed by atoms with Crippen molar-refractivity contribution in [3.63, 3.8) is 0 Å². The van der Waals surface area contributed by atoms with Crippen LogP contribution in [-0.2, 0) is 4.79 Å². The number of amides is 1. The van der Waals surface area contributed by atoms with Gasteiger partial charge in [-0.2, -0.15) is 13.2 Å². The smallest absolute Gasteiger partial charge is 0.396 e. The van der Waals surface area contributed by atoms with Crippen molar-refractivity contribution in [3.8, 4) is 0 Å². The second-order valence-corrected chi connectivity index (χ2v) is 5.55. The summed E-state index contributed by atoms with van der Waals surface area (Å²) in [5.41, 5.74) is 0. The minimum absolute atomic E-state index is 0.0693. The van der Waals surface area contributed by atoms with E-state index in [-0.39, 0.29) is 30.9 Å². The molecule has 0 spiro atoms. The standard InChI is InChI=1S/C13H23F3N2O2/c1-10(4-6-19)7-17-12(20)11-3-2-5-18(8-11)9-13(14,15)16/h10-11,19H,2-9H2,1H3,(H,17,20). The number of hydrogen-bond acceptors (Lipinski definition) is 3. The number of carbonyl (C=O) groups is 1. The maximum absolute atomic E-state index is 12.3. The Morgan fingerprint density at radius 2 is 2.20 bits per heavy atom. The molecule has 0 saturated carbocycles. The molecule has 1 fully saturated rings. The van der Waals surface area contributed by atoms with Crippen molar-refractivity contribution in [2.75, 3.05) is 32.8 Å². The number of nitrogens with one attached hydrogen (secondary N) is 1. The Hall–Kier alpha value is -0.820. The maximum Gasteiger partial charge on any atom is 0.401 e. The van der Waals surface area contributed by atoms with Crippen LogP contribution in [0, 0.1) is 11.8 Å². The van der Waals surface area contributed by atoms with Gasteiger partial charge in [0.1, 0.15) is 0 Å². The molecule has 2 unspecified atom stereocenters. The Bertz CT molecular complexity index is 310. The number of carbonyl (C=O) groups excluding carboxylic acids is 1. The lowest BCUT2D eigenvalue weighted by molar-refractivity contribution is -0.152. The molecule has 2 N–H and O–H groups in total. The van der Waals surface area contributed by atoms with Crippen LogP contribution in [0.25, 0.3) is 0 Å². The van der Waals surface area contributed by atoms with Crippen molar-refractivity contribution in [2.24, 2.45) is 11.8 Å². The molecule has 1 aliphatic rings. The Morgan fingerprint density at radius 3 is 2.80 bits per heavy atom.